The van der Waals surface area contributed by atoms with E-state index in [4.69, 9.17) is 9.15 Å². The van der Waals surface area contributed by atoms with Crippen molar-refractivity contribution in [1.82, 2.24) is 5.43 Å². The minimum absolute atomic E-state index is 0.285. The first-order valence-corrected chi connectivity index (χ1v) is 7.88. The number of nitrogens with one attached hydrogen (secondary N) is 1. The van der Waals surface area contributed by atoms with E-state index < -0.39 is 0 Å². The Balaban J connectivity index is 1.88. The van der Waals surface area contributed by atoms with E-state index in [-0.39, 0.29) is 11.7 Å². The van der Waals surface area contributed by atoms with Gasteiger partial charge in [-0.15, -0.1) is 0 Å². The normalized spacial score (nSPS) is 10.8. The van der Waals surface area contributed by atoms with E-state index in [9.17, 15) is 4.79 Å². The Labute approximate surface area is 140 Å². The van der Waals surface area contributed by atoms with Gasteiger partial charge in [0.25, 0.3) is 0 Å². The summed E-state index contributed by atoms with van der Waals surface area (Å²) in [5.41, 5.74) is 5.17. The highest BCUT2D eigenvalue weighted by molar-refractivity contribution is 5.99. The smallest absolute Gasteiger partial charge is 0.305 e. The molecule has 124 valence electrons. The number of hydrogen-bond donors (Lipinski definition) is 1. The van der Waals surface area contributed by atoms with E-state index in [0.717, 1.165) is 16.6 Å². The molecule has 2 aromatic carbocycles. The molecule has 0 radical (unpaired) electrons. The highest BCUT2D eigenvalue weighted by Crippen LogP contribution is 2.26. The van der Waals surface area contributed by atoms with E-state index in [1.54, 1.807) is 12.1 Å². The van der Waals surface area contributed by atoms with Crippen LogP contribution in [0.5, 0.6) is 0 Å². The summed E-state index contributed by atoms with van der Waals surface area (Å²) in [5.74, 6) is -0.0142. The van der Waals surface area contributed by atoms with Gasteiger partial charge in [0.2, 0.25) is 0 Å². The monoisotopic (exact) mass is 324 g/mol. The molecule has 0 bridgehead atoms. The molecule has 0 aliphatic heterocycles. The first-order chi connectivity index (χ1) is 11.7. The predicted molar refractivity (Wildman–Crippen MR) is 93.9 cm³/mol. The van der Waals surface area contributed by atoms with E-state index in [1.165, 1.54) is 0 Å². The van der Waals surface area contributed by atoms with Gasteiger partial charge < -0.3 is 9.15 Å². The number of benzene rings is 2. The zero-order chi connectivity index (χ0) is 16.9. The zero-order valence-corrected chi connectivity index (χ0v) is 13.8. The van der Waals surface area contributed by atoms with E-state index in [2.05, 4.69) is 5.43 Å². The number of hydrazine groups is 1. The van der Waals surface area contributed by atoms with Crippen LogP contribution in [-0.2, 0) is 11.3 Å². The van der Waals surface area contributed by atoms with Gasteiger partial charge in [-0.2, -0.15) is 0 Å². The summed E-state index contributed by atoms with van der Waals surface area (Å²) in [4.78, 5) is 12.7. The number of ether oxygens (including phenoxy) is 1. The summed E-state index contributed by atoms with van der Waals surface area (Å²) < 4.78 is 11.3. The quantitative estimate of drug-likeness (QED) is 0.702. The van der Waals surface area contributed by atoms with Crippen LogP contribution in [0.2, 0.25) is 0 Å². The van der Waals surface area contributed by atoms with E-state index in [1.807, 2.05) is 61.5 Å². The van der Waals surface area contributed by atoms with Crippen LogP contribution in [0.3, 0.4) is 0 Å². The van der Waals surface area contributed by atoms with Gasteiger partial charge >= 0.3 is 5.91 Å². The van der Waals surface area contributed by atoms with Crippen molar-refractivity contribution in [2.75, 3.05) is 18.7 Å². The number of rotatable bonds is 6. The molecule has 5 nitrogen and oxygen atoms in total. The van der Waals surface area contributed by atoms with Crippen LogP contribution in [0.15, 0.2) is 59.0 Å². The van der Waals surface area contributed by atoms with Crippen LogP contribution >= 0.6 is 0 Å². The number of para-hydroxylation sites is 2. The van der Waals surface area contributed by atoms with Crippen LogP contribution in [0, 0.1) is 0 Å². The lowest BCUT2D eigenvalue weighted by Crippen LogP contribution is -2.39. The lowest BCUT2D eigenvalue weighted by Gasteiger charge is -2.19. The molecule has 0 atom stereocenters. The van der Waals surface area contributed by atoms with Crippen molar-refractivity contribution in [3.8, 4) is 0 Å². The average molecular weight is 324 g/mol. The van der Waals surface area contributed by atoms with Gasteiger partial charge in [0.1, 0.15) is 5.58 Å². The van der Waals surface area contributed by atoms with E-state index >= 15 is 0 Å². The Kier molecular flexibility index (Phi) is 4.82. The molecule has 3 rings (SSSR count). The number of anilines is 1. The van der Waals surface area contributed by atoms with Crippen LogP contribution in [0.1, 0.15) is 23.0 Å². The molecule has 24 heavy (non-hydrogen) atoms. The van der Waals surface area contributed by atoms with Gasteiger partial charge in [0.05, 0.1) is 12.3 Å². The second kappa shape index (κ2) is 7.19. The van der Waals surface area contributed by atoms with Gasteiger partial charge in [0, 0.05) is 24.6 Å². The molecular formula is C19H20N2O3. The number of furan rings is 1. The number of nitrogens with zero attached hydrogens (tertiary/aromatic N) is 1. The second-order valence-electron chi connectivity index (χ2n) is 5.38. The molecule has 0 unspecified atom stereocenters. The molecule has 0 saturated heterocycles. The Morgan fingerprint density at radius 2 is 1.83 bits per heavy atom. The maximum atomic E-state index is 12.7. The van der Waals surface area contributed by atoms with Gasteiger partial charge in [-0.05, 0) is 25.1 Å². The Hall–Kier alpha value is -2.79. The fourth-order valence-electron chi connectivity index (χ4n) is 2.55. The summed E-state index contributed by atoms with van der Waals surface area (Å²) in [6, 6.07) is 17.2. The summed E-state index contributed by atoms with van der Waals surface area (Å²) in [6.07, 6.45) is 0. The number of carbonyl (C=O) groups is 1. The predicted octanol–water partition coefficient (Wildman–Crippen LogP) is 3.75. The van der Waals surface area contributed by atoms with Crippen molar-refractivity contribution in [3.05, 3.63) is 65.9 Å². The third-order valence-electron chi connectivity index (χ3n) is 3.77. The van der Waals surface area contributed by atoms with Crippen LogP contribution in [0.25, 0.3) is 11.0 Å². The van der Waals surface area contributed by atoms with Crippen molar-refractivity contribution in [2.45, 2.75) is 13.5 Å². The third kappa shape index (κ3) is 3.26. The van der Waals surface area contributed by atoms with Crippen molar-refractivity contribution in [1.29, 1.82) is 0 Å². The van der Waals surface area contributed by atoms with Crippen molar-refractivity contribution in [3.63, 3.8) is 0 Å². The van der Waals surface area contributed by atoms with Crippen molar-refractivity contribution >= 4 is 22.6 Å². The molecule has 0 fully saturated rings. The Bertz CT molecular complexity index is 827. The fraction of sp³-hybridized carbons (Fsp3) is 0.211. The average Bonchev–Trinajstić information content (AvgIpc) is 2.99. The highest BCUT2D eigenvalue weighted by Gasteiger charge is 2.21. The third-order valence-corrected chi connectivity index (χ3v) is 3.77. The molecular weight excluding hydrogens is 304 g/mol. The van der Waals surface area contributed by atoms with Gasteiger partial charge in [0.15, 0.2) is 5.76 Å². The van der Waals surface area contributed by atoms with Crippen molar-refractivity contribution in [2.24, 2.45) is 0 Å². The topological polar surface area (TPSA) is 54.7 Å². The van der Waals surface area contributed by atoms with Gasteiger partial charge in [-0.1, -0.05) is 36.4 Å². The molecule has 1 amide bonds. The standard InChI is InChI=1S/C19H20N2O3/c1-3-23-13-16-15-11-7-8-12-17(15)24-18(16)19(22)20-21(2)14-9-5-4-6-10-14/h4-12H,3,13H2,1-2H3,(H,20,22). The van der Waals surface area contributed by atoms with Gasteiger partial charge in [-0.25, -0.2) is 0 Å². The Morgan fingerprint density at radius 3 is 2.58 bits per heavy atom. The maximum absolute atomic E-state index is 12.7. The molecule has 0 spiro atoms. The highest BCUT2D eigenvalue weighted by atomic mass is 16.5. The number of amides is 1. The fourth-order valence-corrected chi connectivity index (χ4v) is 2.55. The molecule has 0 saturated carbocycles. The molecule has 5 heteroatoms. The number of fused-ring (bicyclic) bond motifs is 1. The minimum Gasteiger partial charge on any atom is -0.450 e. The zero-order valence-electron chi connectivity index (χ0n) is 13.8. The molecule has 1 N–H and O–H groups in total. The lowest BCUT2D eigenvalue weighted by molar-refractivity contribution is 0.0913. The summed E-state index contributed by atoms with van der Waals surface area (Å²) in [6.45, 7) is 2.83. The second-order valence-corrected chi connectivity index (χ2v) is 5.38. The largest absolute Gasteiger partial charge is 0.450 e. The minimum atomic E-state index is -0.299. The number of carbonyl (C=O) groups excluding carboxylic acids is 1. The molecule has 1 aromatic heterocycles. The molecule has 1 heterocycles. The number of hydrogen-bond acceptors (Lipinski definition) is 4. The molecule has 3 aromatic rings. The van der Waals surface area contributed by atoms with Crippen LogP contribution in [0.4, 0.5) is 5.69 Å². The van der Waals surface area contributed by atoms with Crippen molar-refractivity contribution < 1.29 is 13.9 Å². The lowest BCUT2D eigenvalue weighted by atomic mass is 10.1. The van der Waals surface area contributed by atoms with Crippen LogP contribution < -0.4 is 10.4 Å². The first-order valence-electron chi connectivity index (χ1n) is 7.88. The SMILES string of the molecule is CCOCc1c(C(=O)NN(C)c2ccccc2)oc2ccccc12. The molecule has 0 aliphatic rings. The first kappa shape index (κ1) is 16.1. The van der Waals surface area contributed by atoms with Gasteiger partial charge in [-0.3, -0.25) is 15.2 Å². The summed E-state index contributed by atoms with van der Waals surface area (Å²) in [7, 11) is 1.79. The van der Waals surface area contributed by atoms with E-state index in [0.29, 0.717) is 18.8 Å². The Morgan fingerprint density at radius 1 is 1.12 bits per heavy atom. The maximum Gasteiger partial charge on any atom is 0.305 e. The summed E-state index contributed by atoms with van der Waals surface area (Å²) in [5, 5.41) is 2.57. The van der Waals surface area contributed by atoms with Crippen LogP contribution in [-0.4, -0.2) is 19.6 Å². The summed E-state index contributed by atoms with van der Waals surface area (Å²) >= 11 is 0. The molecule has 0 aliphatic carbocycles.